The molecule has 5 heteroatoms. The molecule has 1 aliphatic rings. The van der Waals surface area contributed by atoms with E-state index in [-0.39, 0.29) is 12.0 Å². The summed E-state index contributed by atoms with van der Waals surface area (Å²) in [4.78, 5) is 20.9. The van der Waals surface area contributed by atoms with Crippen LogP contribution in [0.3, 0.4) is 0 Å². The minimum Gasteiger partial charge on any atom is -0.442 e. The van der Waals surface area contributed by atoms with Gasteiger partial charge in [0.05, 0.1) is 13.1 Å². The van der Waals surface area contributed by atoms with Crippen molar-refractivity contribution in [3.63, 3.8) is 0 Å². The minimum absolute atomic E-state index is 0.118. The van der Waals surface area contributed by atoms with Gasteiger partial charge in [-0.05, 0) is 0 Å². The van der Waals surface area contributed by atoms with Crippen molar-refractivity contribution in [2.45, 2.75) is 13.0 Å². The standard InChI is InChI=1S/C6H10N2O3/c1-4(9)7-2-5-3-8-6(10)11-5/h5H,2-3H2,1H3,(H,7,9)(H,8,10)/t5-/m0/s1. The zero-order valence-corrected chi connectivity index (χ0v) is 6.22. The molecule has 0 spiro atoms. The molecule has 0 aromatic carbocycles. The summed E-state index contributed by atoms with van der Waals surface area (Å²) in [5.41, 5.74) is 0. The topological polar surface area (TPSA) is 67.4 Å². The van der Waals surface area contributed by atoms with Crippen molar-refractivity contribution in [2.24, 2.45) is 0 Å². The second kappa shape index (κ2) is 3.23. The number of carbonyl (C=O) groups is 2. The Bertz CT molecular complexity index is 181. The Labute approximate surface area is 64.1 Å². The molecule has 0 radical (unpaired) electrons. The summed E-state index contributed by atoms with van der Waals surface area (Å²) >= 11 is 0. The van der Waals surface area contributed by atoms with Crippen LogP contribution in [0.4, 0.5) is 4.79 Å². The van der Waals surface area contributed by atoms with E-state index in [1.165, 1.54) is 6.92 Å². The van der Waals surface area contributed by atoms with Gasteiger partial charge >= 0.3 is 6.09 Å². The van der Waals surface area contributed by atoms with Crippen molar-refractivity contribution in [1.82, 2.24) is 10.6 Å². The first kappa shape index (κ1) is 7.84. The van der Waals surface area contributed by atoms with Gasteiger partial charge in [0.2, 0.25) is 5.91 Å². The number of rotatable bonds is 2. The molecule has 1 rings (SSSR count). The Morgan fingerprint density at radius 2 is 2.64 bits per heavy atom. The zero-order valence-electron chi connectivity index (χ0n) is 6.22. The van der Waals surface area contributed by atoms with Crippen LogP contribution in [-0.4, -0.2) is 31.2 Å². The lowest BCUT2D eigenvalue weighted by molar-refractivity contribution is -0.119. The Kier molecular flexibility index (Phi) is 2.30. The number of hydrogen-bond acceptors (Lipinski definition) is 3. The van der Waals surface area contributed by atoms with Gasteiger partial charge in [-0.1, -0.05) is 0 Å². The number of ether oxygens (including phenoxy) is 1. The van der Waals surface area contributed by atoms with Gasteiger partial charge in [-0.2, -0.15) is 0 Å². The van der Waals surface area contributed by atoms with Crippen LogP contribution in [0.1, 0.15) is 6.92 Å². The van der Waals surface area contributed by atoms with E-state index in [0.717, 1.165) is 0 Å². The van der Waals surface area contributed by atoms with Gasteiger partial charge in [-0.15, -0.1) is 0 Å². The molecular formula is C6H10N2O3. The molecule has 1 aliphatic heterocycles. The van der Waals surface area contributed by atoms with E-state index >= 15 is 0 Å². The fourth-order valence-electron chi connectivity index (χ4n) is 0.803. The Morgan fingerprint density at radius 1 is 1.91 bits per heavy atom. The van der Waals surface area contributed by atoms with E-state index in [2.05, 4.69) is 10.6 Å². The molecule has 1 saturated heterocycles. The smallest absolute Gasteiger partial charge is 0.407 e. The van der Waals surface area contributed by atoms with Crippen molar-refractivity contribution in [3.8, 4) is 0 Å². The highest BCUT2D eigenvalue weighted by Gasteiger charge is 2.21. The Hall–Kier alpha value is -1.26. The maximum atomic E-state index is 10.5. The lowest BCUT2D eigenvalue weighted by atomic mass is 10.3. The third-order valence-electron chi connectivity index (χ3n) is 1.33. The van der Waals surface area contributed by atoms with E-state index in [1.54, 1.807) is 0 Å². The minimum atomic E-state index is -0.416. The third kappa shape index (κ3) is 2.45. The highest BCUT2D eigenvalue weighted by molar-refractivity contribution is 5.73. The quantitative estimate of drug-likeness (QED) is 0.554. The van der Waals surface area contributed by atoms with Crippen molar-refractivity contribution in [1.29, 1.82) is 0 Å². The molecule has 0 aliphatic carbocycles. The molecule has 2 amide bonds. The van der Waals surface area contributed by atoms with E-state index < -0.39 is 6.09 Å². The average molecular weight is 158 g/mol. The first-order chi connectivity index (χ1) is 5.18. The number of hydrogen-bond donors (Lipinski definition) is 2. The summed E-state index contributed by atoms with van der Waals surface area (Å²) < 4.78 is 4.75. The van der Waals surface area contributed by atoms with Crippen LogP contribution >= 0.6 is 0 Å². The Balaban J connectivity index is 2.18. The fraction of sp³-hybridized carbons (Fsp3) is 0.667. The van der Waals surface area contributed by atoms with Crippen LogP contribution in [0.25, 0.3) is 0 Å². The van der Waals surface area contributed by atoms with Gasteiger partial charge in [0.1, 0.15) is 6.10 Å². The summed E-state index contributed by atoms with van der Waals surface area (Å²) in [7, 11) is 0. The van der Waals surface area contributed by atoms with Crippen LogP contribution in [0.5, 0.6) is 0 Å². The van der Waals surface area contributed by atoms with Crippen molar-refractivity contribution >= 4 is 12.0 Å². The third-order valence-corrected chi connectivity index (χ3v) is 1.33. The summed E-state index contributed by atoms with van der Waals surface area (Å²) in [5.74, 6) is -0.118. The molecule has 0 aromatic rings. The predicted molar refractivity (Wildman–Crippen MR) is 37.0 cm³/mol. The zero-order chi connectivity index (χ0) is 8.27. The number of carbonyl (C=O) groups excluding carboxylic acids is 2. The summed E-state index contributed by atoms with van der Waals surface area (Å²) in [6.45, 7) is 2.28. The first-order valence-electron chi connectivity index (χ1n) is 3.37. The van der Waals surface area contributed by atoms with E-state index in [1.807, 2.05) is 0 Å². The van der Waals surface area contributed by atoms with Crippen molar-refractivity contribution in [2.75, 3.05) is 13.1 Å². The van der Waals surface area contributed by atoms with Gasteiger partial charge in [0.25, 0.3) is 0 Å². The van der Waals surface area contributed by atoms with Crippen LogP contribution in [0.15, 0.2) is 0 Å². The molecule has 0 unspecified atom stereocenters. The van der Waals surface area contributed by atoms with Crippen molar-refractivity contribution in [3.05, 3.63) is 0 Å². The number of cyclic esters (lactones) is 1. The SMILES string of the molecule is CC(=O)NC[C@H]1CNC(=O)O1. The van der Waals surface area contributed by atoms with Crippen LogP contribution < -0.4 is 10.6 Å². The van der Waals surface area contributed by atoms with Gasteiger partial charge in [0, 0.05) is 6.92 Å². The van der Waals surface area contributed by atoms with E-state index in [0.29, 0.717) is 13.1 Å². The van der Waals surface area contributed by atoms with Gasteiger partial charge in [0.15, 0.2) is 0 Å². The molecule has 1 fully saturated rings. The molecule has 0 saturated carbocycles. The average Bonchev–Trinajstić information content (AvgIpc) is 2.31. The van der Waals surface area contributed by atoms with Gasteiger partial charge in [-0.25, -0.2) is 4.79 Å². The number of nitrogens with one attached hydrogen (secondary N) is 2. The number of amides is 2. The predicted octanol–water partition coefficient (Wildman–Crippen LogP) is -0.769. The summed E-state index contributed by atoms with van der Waals surface area (Å²) in [6, 6.07) is 0. The van der Waals surface area contributed by atoms with E-state index in [4.69, 9.17) is 4.74 Å². The number of alkyl carbamates (subject to hydrolysis) is 1. The lowest BCUT2D eigenvalue weighted by Crippen LogP contribution is -2.32. The Morgan fingerprint density at radius 3 is 3.09 bits per heavy atom. The molecule has 1 atom stereocenters. The van der Waals surface area contributed by atoms with Gasteiger partial charge in [-0.3, -0.25) is 4.79 Å². The highest BCUT2D eigenvalue weighted by atomic mass is 16.6. The largest absolute Gasteiger partial charge is 0.442 e. The maximum absolute atomic E-state index is 10.5. The van der Waals surface area contributed by atoms with Crippen LogP contribution in [-0.2, 0) is 9.53 Å². The molecule has 5 nitrogen and oxygen atoms in total. The monoisotopic (exact) mass is 158 g/mol. The molecule has 0 aromatic heterocycles. The molecule has 0 bridgehead atoms. The normalized spacial score (nSPS) is 22.3. The van der Waals surface area contributed by atoms with E-state index in [9.17, 15) is 9.59 Å². The van der Waals surface area contributed by atoms with Crippen LogP contribution in [0.2, 0.25) is 0 Å². The first-order valence-corrected chi connectivity index (χ1v) is 3.37. The lowest BCUT2D eigenvalue weighted by Gasteiger charge is -2.06. The van der Waals surface area contributed by atoms with Crippen molar-refractivity contribution < 1.29 is 14.3 Å². The molecular weight excluding hydrogens is 148 g/mol. The fourth-order valence-corrected chi connectivity index (χ4v) is 0.803. The summed E-state index contributed by atoms with van der Waals surface area (Å²) in [6.07, 6.45) is -0.633. The molecule has 2 N–H and O–H groups in total. The summed E-state index contributed by atoms with van der Waals surface area (Å²) in [5, 5.41) is 5.03. The molecule has 11 heavy (non-hydrogen) atoms. The van der Waals surface area contributed by atoms with Crippen LogP contribution in [0, 0.1) is 0 Å². The molecule has 1 heterocycles. The maximum Gasteiger partial charge on any atom is 0.407 e. The second-order valence-electron chi connectivity index (χ2n) is 2.35. The highest BCUT2D eigenvalue weighted by Crippen LogP contribution is 1.97. The molecule has 62 valence electrons. The van der Waals surface area contributed by atoms with Gasteiger partial charge < -0.3 is 15.4 Å². The second-order valence-corrected chi connectivity index (χ2v) is 2.35.